The molecule has 7 heteroatoms. The van der Waals surface area contributed by atoms with Gasteiger partial charge in [0.05, 0.1) is 28.6 Å². The molecule has 33 heavy (non-hydrogen) atoms. The van der Waals surface area contributed by atoms with Crippen molar-refractivity contribution in [2.75, 3.05) is 11.6 Å². The van der Waals surface area contributed by atoms with E-state index in [4.69, 9.17) is 10.00 Å². The number of hydrogen-bond acceptors (Lipinski definition) is 5. The lowest BCUT2D eigenvalue weighted by molar-refractivity contribution is -0.124. The zero-order chi connectivity index (χ0) is 23.2. The Bertz CT molecular complexity index is 1140. The Morgan fingerprint density at radius 3 is 2.64 bits per heavy atom. The van der Waals surface area contributed by atoms with E-state index in [1.807, 2.05) is 18.2 Å². The van der Waals surface area contributed by atoms with Gasteiger partial charge < -0.3 is 10.1 Å². The highest BCUT2D eigenvalue weighted by atomic mass is 16.5. The molecule has 2 aliphatic rings. The number of ether oxygens (including phenoxy) is 1. The third-order valence-electron chi connectivity index (χ3n) is 5.85. The van der Waals surface area contributed by atoms with Crippen LogP contribution in [-0.2, 0) is 9.59 Å². The number of hydrogen-bond donors (Lipinski definition) is 1. The topological polar surface area (TPSA) is 94.8 Å². The lowest BCUT2D eigenvalue weighted by atomic mass is 9.95. The van der Waals surface area contributed by atoms with Gasteiger partial charge in [-0.15, -0.1) is 0 Å². The van der Waals surface area contributed by atoms with Gasteiger partial charge in [0.1, 0.15) is 5.75 Å². The number of carbonyl (C=O) groups is 2. The summed E-state index contributed by atoms with van der Waals surface area (Å²) in [5.41, 5.74) is 2.82. The van der Waals surface area contributed by atoms with E-state index in [9.17, 15) is 9.59 Å². The Morgan fingerprint density at radius 1 is 1.18 bits per heavy atom. The molecule has 1 aliphatic carbocycles. The van der Waals surface area contributed by atoms with Crippen LogP contribution in [0.5, 0.6) is 5.75 Å². The van der Waals surface area contributed by atoms with E-state index >= 15 is 0 Å². The van der Waals surface area contributed by atoms with Crippen LogP contribution in [0, 0.1) is 11.3 Å². The molecule has 1 saturated carbocycles. The van der Waals surface area contributed by atoms with E-state index in [1.54, 1.807) is 43.3 Å². The summed E-state index contributed by atoms with van der Waals surface area (Å²) in [6, 6.07) is 16.3. The average molecular weight is 443 g/mol. The molecule has 4 rings (SSSR count). The molecule has 0 atom stereocenters. The predicted molar refractivity (Wildman–Crippen MR) is 127 cm³/mol. The molecule has 0 spiro atoms. The van der Waals surface area contributed by atoms with Gasteiger partial charge >= 0.3 is 0 Å². The lowest BCUT2D eigenvalue weighted by Gasteiger charge is -2.22. The number of benzene rings is 2. The Hall–Kier alpha value is -3.92. The van der Waals surface area contributed by atoms with E-state index in [2.05, 4.69) is 16.5 Å². The quantitative estimate of drug-likeness (QED) is 0.679. The molecule has 1 aliphatic heterocycles. The molecular weight excluding hydrogens is 416 g/mol. The van der Waals surface area contributed by atoms with E-state index in [-0.39, 0.29) is 24.5 Å². The van der Waals surface area contributed by atoms with Crippen molar-refractivity contribution in [1.29, 1.82) is 5.26 Å². The molecular formula is C26H26N4O3. The van der Waals surface area contributed by atoms with Gasteiger partial charge in [-0.2, -0.15) is 15.4 Å². The number of hydrazone groups is 1. The maximum Gasteiger partial charge on any atom is 0.280 e. The third-order valence-corrected chi connectivity index (χ3v) is 5.85. The van der Waals surface area contributed by atoms with Crippen LogP contribution in [0.4, 0.5) is 5.69 Å². The fourth-order valence-corrected chi connectivity index (χ4v) is 4.08. The fraction of sp³-hybridized carbons (Fsp3) is 0.308. The molecule has 0 unspecified atom stereocenters. The van der Waals surface area contributed by atoms with Crippen molar-refractivity contribution >= 4 is 29.3 Å². The summed E-state index contributed by atoms with van der Waals surface area (Å²) in [7, 11) is 0. The zero-order valence-electron chi connectivity index (χ0n) is 18.6. The first-order valence-corrected chi connectivity index (χ1v) is 11.2. The molecule has 2 amide bonds. The number of anilines is 1. The summed E-state index contributed by atoms with van der Waals surface area (Å²) in [5.74, 6) is 0.134. The van der Waals surface area contributed by atoms with Crippen LogP contribution in [-0.4, -0.2) is 30.2 Å². The molecule has 1 fully saturated rings. The van der Waals surface area contributed by atoms with Crippen molar-refractivity contribution in [3.63, 3.8) is 0 Å². The minimum atomic E-state index is -0.262. The molecule has 2 aromatic carbocycles. The van der Waals surface area contributed by atoms with Crippen molar-refractivity contribution in [3.8, 4) is 11.8 Å². The molecule has 0 radical (unpaired) electrons. The van der Waals surface area contributed by atoms with Crippen LogP contribution in [0.25, 0.3) is 6.08 Å². The van der Waals surface area contributed by atoms with Crippen molar-refractivity contribution in [1.82, 2.24) is 5.32 Å². The van der Waals surface area contributed by atoms with Gasteiger partial charge in [-0.05, 0) is 56.2 Å². The standard InChI is InChI=1S/C26H26N4O3/c1-18-23(26(32)30(29-18)22-13-11-19(16-27)12-14-22)15-20-7-5-6-10-24(20)33-17-25(31)28-21-8-3-2-4-9-21/h5-7,10-15,21H,2-4,8-9,17H2,1H3,(H,28,31). The molecule has 0 saturated heterocycles. The highest BCUT2D eigenvalue weighted by molar-refractivity contribution is 6.32. The van der Waals surface area contributed by atoms with E-state index in [0.29, 0.717) is 33.8 Å². The molecule has 0 aromatic heterocycles. The Labute approximate surface area is 193 Å². The van der Waals surface area contributed by atoms with E-state index in [1.165, 1.54) is 11.4 Å². The van der Waals surface area contributed by atoms with Crippen LogP contribution in [0.1, 0.15) is 50.2 Å². The number of amides is 2. The van der Waals surface area contributed by atoms with Gasteiger partial charge in [-0.3, -0.25) is 9.59 Å². The van der Waals surface area contributed by atoms with Gasteiger partial charge in [0.25, 0.3) is 11.8 Å². The van der Waals surface area contributed by atoms with Gasteiger partial charge in [0.2, 0.25) is 0 Å². The van der Waals surface area contributed by atoms with Crippen molar-refractivity contribution in [2.45, 2.75) is 45.1 Å². The van der Waals surface area contributed by atoms with Crippen LogP contribution >= 0.6 is 0 Å². The van der Waals surface area contributed by atoms with Crippen molar-refractivity contribution < 1.29 is 14.3 Å². The number of nitriles is 1. The normalized spacial score (nSPS) is 17.6. The van der Waals surface area contributed by atoms with Gasteiger partial charge in [-0.1, -0.05) is 37.5 Å². The predicted octanol–water partition coefficient (Wildman–Crippen LogP) is 4.19. The first-order valence-electron chi connectivity index (χ1n) is 11.2. The Morgan fingerprint density at radius 2 is 1.91 bits per heavy atom. The maximum absolute atomic E-state index is 13.0. The van der Waals surface area contributed by atoms with Crippen LogP contribution in [0.2, 0.25) is 0 Å². The van der Waals surface area contributed by atoms with Gasteiger partial charge in [0, 0.05) is 11.6 Å². The summed E-state index contributed by atoms with van der Waals surface area (Å²) < 4.78 is 5.81. The van der Waals surface area contributed by atoms with Crippen LogP contribution in [0.15, 0.2) is 59.2 Å². The maximum atomic E-state index is 13.0. The van der Waals surface area contributed by atoms with E-state index in [0.717, 1.165) is 25.7 Å². The Balaban J connectivity index is 1.46. The summed E-state index contributed by atoms with van der Waals surface area (Å²) in [6.45, 7) is 1.70. The van der Waals surface area contributed by atoms with Gasteiger partial charge in [0.15, 0.2) is 6.61 Å². The van der Waals surface area contributed by atoms with Crippen LogP contribution < -0.4 is 15.1 Å². The minimum absolute atomic E-state index is 0.0743. The first-order chi connectivity index (χ1) is 16.0. The largest absolute Gasteiger partial charge is 0.483 e. The molecule has 2 aromatic rings. The SMILES string of the molecule is CC1=NN(c2ccc(C#N)cc2)C(=O)C1=Cc1ccccc1OCC(=O)NC1CCCCC1. The monoisotopic (exact) mass is 442 g/mol. The van der Waals surface area contributed by atoms with Crippen molar-refractivity contribution in [3.05, 3.63) is 65.2 Å². The summed E-state index contributed by atoms with van der Waals surface area (Å²) >= 11 is 0. The molecule has 168 valence electrons. The highest BCUT2D eigenvalue weighted by Crippen LogP contribution is 2.28. The van der Waals surface area contributed by atoms with Crippen LogP contribution in [0.3, 0.4) is 0 Å². The third kappa shape index (κ3) is 5.29. The molecule has 1 heterocycles. The van der Waals surface area contributed by atoms with E-state index < -0.39 is 0 Å². The number of nitrogens with zero attached hydrogens (tertiary/aromatic N) is 3. The first kappa shape index (κ1) is 22.3. The molecule has 7 nitrogen and oxygen atoms in total. The summed E-state index contributed by atoms with van der Waals surface area (Å²) in [5, 5.41) is 17.7. The van der Waals surface area contributed by atoms with Crippen molar-refractivity contribution in [2.24, 2.45) is 5.10 Å². The lowest BCUT2D eigenvalue weighted by Crippen LogP contribution is -2.39. The fourth-order valence-electron chi connectivity index (χ4n) is 4.08. The number of carbonyl (C=O) groups excluding carboxylic acids is 2. The molecule has 0 bridgehead atoms. The highest BCUT2D eigenvalue weighted by Gasteiger charge is 2.29. The number of para-hydroxylation sites is 1. The summed E-state index contributed by atoms with van der Waals surface area (Å²) in [6.07, 6.45) is 7.30. The Kier molecular flexibility index (Phi) is 6.84. The summed E-state index contributed by atoms with van der Waals surface area (Å²) in [4.78, 5) is 25.4. The second-order valence-corrected chi connectivity index (χ2v) is 8.25. The molecule has 1 N–H and O–H groups in total. The number of rotatable bonds is 6. The zero-order valence-corrected chi connectivity index (χ0v) is 18.6. The smallest absolute Gasteiger partial charge is 0.280 e. The van der Waals surface area contributed by atoms with Gasteiger partial charge in [-0.25, -0.2) is 0 Å². The second-order valence-electron chi connectivity index (χ2n) is 8.25. The second kappa shape index (κ2) is 10.1. The minimum Gasteiger partial charge on any atom is -0.483 e. The average Bonchev–Trinajstić information content (AvgIpc) is 3.12. The number of nitrogens with one attached hydrogen (secondary N) is 1.